The van der Waals surface area contributed by atoms with Gasteiger partial charge < -0.3 is 4.74 Å². The zero-order chi connectivity index (χ0) is 13.2. The molecule has 1 heterocycles. The van der Waals surface area contributed by atoms with E-state index in [2.05, 4.69) is 17.1 Å². The van der Waals surface area contributed by atoms with E-state index in [4.69, 9.17) is 16.3 Å². The Balaban J connectivity index is 2.22. The van der Waals surface area contributed by atoms with Gasteiger partial charge in [0.25, 0.3) is 0 Å². The van der Waals surface area contributed by atoms with E-state index >= 15 is 0 Å². The third-order valence-corrected chi connectivity index (χ3v) is 3.39. The predicted octanol–water partition coefficient (Wildman–Crippen LogP) is 4.56. The van der Waals surface area contributed by atoms with E-state index in [0.29, 0.717) is 10.8 Å². The molecule has 0 saturated carbocycles. The van der Waals surface area contributed by atoms with Crippen molar-refractivity contribution in [2.24, 2.45) is 0 Å². The monoisotopic (exact) mass is 269 g/mol. The summed E-state index contributed by atoms with van der Waals surface area (Å²) in [5, 5.41) is 1.72. The number of hydrogen-bond donors (Lipinski definition) is 0. The lowest BCUT2D eigenvalue weighted by molar-refractivity contribution is 0.415. The molecule has 0 aliphatic heterocycles. The van der Waals surface area contributed by atoms with Crippen LogP contribution in [0.1, 0.15) is 0 Å². The molecule has 0 saturated heterocycles. The van der Waals surface area contributed by atoms with Crippen molar-refractivity contribution in [1.29, 1.82) is 0 Å². The average Bonchev–Trinajstić information content (AvgIpc) is 2.46. The number of aromatic nitrogens is 1. The number of rotatable bonds is 2. The van der Waals surface area contributed by atoms with Crippen molar-refractivity contribution < 1.29 is 4.74 Å². The zero-order valence-corrected chi connectivity index (χ0v) is 11.2. The van der Waals surface area contributed by atoms with Crippen LogP contribution in [0, 0.1) is 0 Å². The minimum absolute atomic E-state index is 0.605. The van der Waals surface area contributed by atoms with Gasteiger partial charge in [0.1, 0.15) is 5.75 Å². The summed E-state index contributed by atoms with van der Waals surface area (Å²) in [6.07, 6.45) is 1.80. The first-order valence-corrected chi connectivity index (χ1v) is 6.35. The third-order valence-electron chi connectivity index (χ3n) is 3.10. The molecule has 0 spiro atoms. The van der Waals surface area contributed by atoms with Crippen LogP contribution in [0.2, 0.25) is 5.02 Å². The Morgan fingerprint density at radius 2 is 1.89 bits per heavy atom. The maximum absolute atomic E-state index is 6.19. The number of hydrogen-bond acceptors (Lipinski definition) is 2. The predicted molar refractivity (Wildman–Crippen MR) is 78.7 cm³/mol. The Labute approximate surface area is 116 Å². The summed E-state index contributed by atoms with van der Waals surface area (Å²) < 4.78 is 5.18. The lowest BCUT2D eigenvalue weighted by Crippen LogP contribution is -1.87. The summed E-state index contributed by atoms with van der Waals surface area (Å²) in [4.78, 5) is 4.46. The van der Waals surface area contributed by atoms with Gasteiger partial charge in [-0.25, -0.2) is 0 Å². The Hall–Kier alpha value is -2.06. The van der Waals surface area contributed by atoms with Gasteiger partial charge in [-0.15, -0.1) is 0 Å². The highest BCUT2D eigenvalue weighted by Gasteiger charge is 2.07. The molecule has 1 aromatic heterocycles. The molecular formula is C16H12ClNO. The number of benzene rings is 2. The van der Waals surface area contributed by atoms with E-state index in [0.717, 1.165) is 22.0 Å². The van der Waals surface area contributed by atoms with E-state index in [-0.39, 0.29) is 0 Å². The second kappa shape index (κ2) is 4.90. The van der Waals surface area contributed by atoms with Crippen LogP contribution in [-0.4, -0.2) is 12.1 Å². The summed E-state index contributed by atoms with van der Waals surface area (Å²) in [6.45, 7) is 0. The smallest absolute Gasteiger partial charge is 0.137 e. The number of methoxy groups -OCH3 is 1. The van der Waals surface area contributed by atoms with E-state index in [1.54, 1.807) is 13.3 Å². The number of para-hydroxylation sites is 1. The standard InChI is InChI=1S/C16H12ClNO/c1-19-15-8-7-12(10-14(15)17)13-6-2-4-11-5-3-9-18-16(11)13/h2-10H,1H3. The van der Waals surface area contributed by atoms with E-state index in [1.165, 1.54) is 0 Å². The van der Waals surface area contributed by atoms with Crippen molar-refractivity contribution in [3.8, 4) is 16.9 Å². The van der Waals surface area contributed by atoms with Crippen LogP contribution in [0.3, 0.4) is 0 Å². The van der Waals surface area contributed by atoms with Crippen LogP contribution in [0.25, 0.3) is 22.0 Å². The third kappa shape index (κ3) is 2.15. The molecule has 3 rings (SSSR count). The van der Waals surface area contributed by atoms with Crippen molar-refractivity contribution in [2.75, 3.05) is 7.11 Å². The maximum atomic E-state index is 6.19. The highest BCUT2D eigenvalue weighted by atomic mass is 35.5. The fraction of sp³-hybridized carbons (Fsp3) is 0.0625. The van der Waals surface area contributed by atoms with Gasteiger partial charge in [0.05, 0.1) is 17.6 Å². The molecule has 19 heavy (non-hydrogen) atoms. The number of pyridine rings is 1. The maximum Gasteiger partial charge on any atom is 0.137 e. The van der Waals surface area contributed by atoms with Crippen molar-refractivity contribution in [2.45, 2.75) is 0 Å². The molecule has 0 unspecified atom stereocenters. The largest absolute Gasteiger partial charge is 0.495 e. The lowest BCUT2D eigenvalue weighted by Gasteiger charge is -2.08. The minimum atomic E-state index is 0.605. The normalized spacial score (nSPS) is 10.6. The summed E-state index contributed by atoms with van der Waals surface area (Å²) >= 11 is 6.19. The summed E-state index contributed by atoms with van der Waals surface area (Å²) in [6, 6.07) is 15.9. The lowest BCUT2D eigenvalue weighted by atomic mass is 10.0. The number of nitrogens with zero attached hydrogens (tertiary/aromatic N) is 1. The Kier molecular flexibility index (Phi) is 3.10. The van der Waals surface area contributed by atoms with E-state index < -0.39 is 0 Å². The number of ether oxygens (including phenoxy) is 1. The Morgan fingerprint density at radius 3 is 2.68 bits per heavy atom. The summed E-state index contributed by atoms with van der Waals surface area (Å²) in [5.74, 6) is 0.679. The van der Waals surface area contributed by atoms with Gasteiger partial charge in [0.2, 0.25) is 0 Å². The Bertz CT molecular complexity index is 734. The van der Waals surface area contributed by atoms with Gasteiger partial charge in [0.15, 0.2) is 0 Å². The molecule has 0 N–H and O–H groups in total. The fourth-order valence-corrected chi connectivity index (χ4v) is 2.43. The molecule has 0 aliphatic carbocycles. The molecule has 0 aliphatic rings. The molecule has 0 radical (unpaired) electrons. The quantitative estimate of drug-likeness (QED) is 0.680. The molecule has 3 aromatic rings. The Morgan fingerprint density at radius 1 is 1.05 bits per heavy atom. The molecule has 0 fully saturated rings. The molecular weight excluding hydrogens is 258 g/mol. The SMILES string of the molecule is COc1ccc(-c2cccc3cccnc23)cc1Cl. The number of halogens is 1. The highest BCUT2D eigenvalue weighted by molar-refractivity contribution is 6.32. The van der Waals surface area contributed by atoms with E-state index in [1.807, 2.05) is 36.4 Å². The topological polar surface area (TPSA) is 22.1 Å². The average molecular weight is 270 g/mol. The molecule has 0 amide bonds. The summed E-state index contributed by atoms with van der Waals surface area (Å²) in [7, 11) is 1.61. The molecule has 2 aromatic carbocycles. The van der Waals surface area contributed by atoms with Gasteiger partial charge in [-0.3, -0.25) is 4.98 Å². The highest BCUT2D eigenvalue weighted by Crippen LogP contribution is 2.32. The first-order valence-electron chi connectivity index (χ1n) is 5.97. The molecule has 2 nitrogen and oxygen atoms in total. The molecule has 0 bridgehead atoms. The van der Waals surface area contributed by atoms with Gasteiger partial charge in [-0.1, -0.05) is 41.9 Å². The van der Waals surface area contributed by atoms with Crippen molar-refractivity contribution in [3.63, 3.8) is 0 Å². The first-order chi connectivity index (χ1) is 9.29. The van der Waals surface area contributed by atoms with Crippen LogP contribution >= 0.6 is 11.6 Å². The number of fused-ring (bicyclic) bond motifs is 1. The molecule has 94 valence electrons. The van der Waals surface area contributed by atoms with Gasteiger partial charge in [0, 0.05) is 17.1 Å². The fourth-order valence-electron chi connectivity index (χ4n) is 2.17. The van der Waals surface area contributed by atoms with Crippen molar-refractivity contribution in [3.05, 3.63) is 59.8 Å². The second-order valence-corrected chi connectivity index (χ2v) is 4.64. The molecule has 0 atom stereocenters. The van der Waals surface area contributed by atoms with Gasteiger partial charge in [-0.05, 0) is 23.8 Å². The first kappa shape index (κ1) is 12.0. The van der Waals surface area contributed by atoms with E-state index in [9.17, 15) is 0 Å². The van der Waals surface area contributed by atoms with Crippen molar-refractivity contribution >= 4 is 22.5 Å². The second-order valence-electron chi connectivity index (χ2n) is 4.23. The van der Waals surface area contributed by atoms with Crippen molar-refractivity contribution in [1.82, 2.24) is 4.98 Å². The van der Waals surface area contributed by atoms with Crippen LogP contribution in [0.5, 0.6) is 5.75 Å². The van der Waals surface area contributed by atoms with Crippen LogP contribution < -0.4 is 4.74 Å². The van der Waals surface area contributed by atoms with Gasteiger partial charge >= 0.3 is 0 Å². The minimum Gasteiger partial charge on any atom is -0.495 e. The van der Waals surface area contributed by atoms with Crippen LogP contribution in [0.4, 0.5) is 0 Å². The van der Waals surface area contributed by atoms with Crippen LogP contribution in [-0.2, 0) is 0 Å². The van der Waals surface area contributed by atoms with Gasteiger partial charge in [-0.2, -0.15) is 0 Å². The zero-order valence-electron chi connectivity index (χ0n) is 10.4. The van der Waals surface area contributed by atoms with Crippen LogP contribution in [0.15, 0.2) is 54.7 Å². The molecule has 3 heteroatoms. The summed E-state index contributed by atoms with van der Waals surface area (Å²) in [5.41, 5.74) is 3.09.